The van der Waals surface area contributed by atoms with Crippen molar-refractivity contribution in [2.45, 2.75) is 19.8 Å². The summed E-state index contributed by atoms with van der Waals surface area (Å²) in [7, 11) is 1.92. The molecule has 2 rings (SSSR count). The predicted octanol–water partition coefficient (Wildman–Crippen LogP) is 2.71. The first-order valence-electron chi connectivity index (χ1n) is 7.66. The van der Waals surface area contributed by atoms with E-state index in [1.807, 2.05) is 11.9 Å². The van der Waals surface area contributed by atoms with E-state index >= 15 is 0 Å². The third-order valence-electron chi connectivity index (χ3n) is 3.45. The number of carbonyl (C=O) groups excluding carboxylic acids is 1. The van der Waals surface area contributed by atoms with Crippen LogP contribution in [-0.4, -0.2) is 29.5 Å². The van der Waals surface area contributed by atoms with Crippen molar-refractivity contribution in [3.05, 3.63) is 41.2 Å². The average Bonchev–Trinajstić information content (AvgIpc) is 2.58. The Balaban J connectivity index is 2.06. The van der Waals surface area contributed by atoms with Gasteiger partial charge in [0.05, 0.1) is 0 Å². The minimum Gasteiger partial charge on any atom is -0.393 e. The Hall–Kier alpha value is -2.54. The van der Waals surface area contributed by atoms with Gasteiger partial charge in [-0.15, -0.1) is 0 Å². The smallest absolute Gasteiger partial charge is 0.269 e. The van der Waals surface area contributed by atoms with E-state index in [1.54, 1.807) is 24.3 Å². The van der Waals surface area contributed by atoms with Crippen molar-refractivity contribution in [1.29, 1.82) is 0 Å². The summed E-state index contributed by atoms with van der Waals surface area (Å²) < 4.78 is 0. The highest BCUT2D eigenvalue weighted by atomic mass is 35.5. The van der Waals surface area contributed by atoms with E-state index in [2.05, 4.69) is 27.7 Å². The summed E-state index contributed by atoms with van der Waals surface area (Å²) in [6.07, 6.45) is 3.52. The topological polar surface area (TPSA) is 96.2 Å². The van der Waals surface area contributed by atoms with E-state index in [0.29, 0.717) is 27.9 Å². The monoisotopic (exact) mass is 348 g/mol. The number of carbonyl (C=O) groups is 1. The molecule has 0 bridgehead atoms. The lowest BCUT2D eigenvalue weighted by Crippen LogP contribution is -2.31. The number of unbranched alkanes of at least 4 members (excludes halogenated alkanes) is 1. The molecule has 0 spiro atoms. The number of aromatic nitrogens is 2. The van der Waals surface area contributed by atoms with Gasteiger partial charge >= 0.3 is 0 Å². The maximum Gasteiger partial charge on any atom is 0.269 e. The molecular weight excluding hydrogens is 328 g/mol. The van der Waals surface area contributed by atoms with Gasteiger partial charge in [-0.3, -0.25) is 15.6 Å². The summed E-state index contributed by atoms with van der Waals surface area (Å²) in [5, 5.41) is 0.490. The number of hydrogen-bond donors (Lipinski definition) is 3. The Kier molecular flexibility index (Phi) is 6.20. The Morgan fingerprint density at radius 3 is 2.88 bits per heavy atom. The van der Waals surface area contributed by atoms with Crippen molar-refractivity contribution in [1.82, 2.24) is 15.4 Å². The van der Waals surface area contributed by atoms with Crippen LogP contribution in [0.5, 0.6) is 0 Å². The molecule has 0 atom stereocenters. The van der Waals surface area contributed by atoms with Crippen LogP contribution in [-0.2, 0) is 0 Å². The Labute approximate surface area is 146 Å². The molecular formula is C16H21ClN6O. The molecule has 1 amide bonds. The first kappa shape index (κ1) is 17.8. The van der Waals surface area contributed by atoms with Gasteiger partial charge in [-0.1, -0.05) is 31.0 Å². The van der Waals surface area contributed by atoms with Crippen LogP contribution in [0.1, 0.15) is 30.1 Å². The lowest BCUT2D eigenvalue weighted by Gasteiger charge is -2.20. The molecule has 0 saturated carbocycles. The Morgan fingerprint density at radius 1 is 1.38 bits per heavy atom. The highest BCUT2D eigenvalue weighted by molar-refractivity contribution is 6.30. The lowest BCUT2D eigenvalue weighted by molar-refractivity contribution is 0.0962. The third-order valence-corrected chi connectivity index (χ3v) is 3.69. The first-order valence-corrected chi connectivity index (χ1v) is 8.04. The molecule has 8 heteroatoms. The minimum absolute atomic E-state index is 0.337. The van der Waals surface area contributed by atoms with E-state index in [9.17, 15) is 4.79 Å². The van der Waals surface area contributed by atoms with Crippen molar-refractivity contribution < 1.29 is 4.79 Å². The molecule has 24 heavy (non-hydrogen) atoms. The van der Waals surface area contributed by atoms with Crippen LogP contribution >= 0.6 is 11.6 Å². The summed E-state index contributed by atoms with van der Waals surface area (Å²) in [5.74, 6) is 0.632. The number of hydrazine groups is 1. The number of nitrogens with one attached hydrogen (secondary N) is 2. The molecule has 4 N–H and O–H groups in total. The number of hydrogen-bond acceptors (Lipinski definition) is 6. The van der Waals surface area contributed by atoms with Crippen LogP contribution in [0, 0.1) is 0 Å². The maximum atomic E-state index is 12.1. The second-order valence-corrected chi connectivity index (χ2v) is 5.76. The molecule has 0 unspecified atom stereocenters. The molecule has 0 radical (unpaired) electrons. The van der Waals surface area contributed by atoms with Crippen molar-refractivity contribution >= 4 is 34.8 Å². The summed E-state index contributed by atoms with van der Waals surface area (Å²) in [4.78, 5) is 22.4. The zero-order chi connectivity index (χ0) is 17.5. The fourth-order valence-electron chi connectivity index (χ4n) is 2.11. The number of anilines is 3. The molecule has 1 aromatic heterocycles. The number of benzene rings is 1. The molecule has 2 aromatic rings. The van der Waals surface area contributed by atoms with Crippen LogP contribution in [0.25, 0.3) is 0 Å². The number of nitrogens with two attached hydrogens (primary N) is 1. The van der Waals surface area contributed by atoms with E-state index in [4.69, 9.17) is 17.3 Å². The largest absolute Gasteiger partial charge is 0.393 e. The molecule has 7 nitrogen and oxygen atoms in total. The van der Waals surface area contributed by atoms with Crippen LogP contribution in [0.2, 0.25) is 5.02 Å². The van der Waals surface area contributed by atoms with Gasteiger partial charge in [0.1, 0.15) is 12.0 Å². The molecule has 1 aromatic carbocycles. The maximum absolute atomic E-state index is 12.1. The molecule has 0 fully saturated rings. The van der Waals surface area contributed by atoms with Gasteiger partial charge in [0.15, 0.2) is 11.6 Å². The fraction of sp³-hybridized carbons (Fsp3) is 0.312. The van der Waals surface area contributed by atoms with E-state index in [1.165, 1.54) is 6.33 Å². The number of halogens is 1. The molecule has 0 aliphatic heterocycles. The number of amides is 1. The molecule has 0 saturated heterocycles. The molecule has 0 aliphatic rings. The summed E-state index contributed by atoms with van der Waals surface area (Å²) in [5.41, 5.74) is 12.2. The zero-order valence-corrected chi connectivity index (χ0v) is 14.5. The number of rotatable bonds is 7. The molecule has 0 aliphatic carbocycles. The van der Waals surface area contributed by atoms with Crippen molar-refractivity contribution in [3.63, 3.8) is 0 Å². The first-order chi connectivity index (χ1) is 11.5. The second kappa shape index (κ2) is 8.35. The van der Waals surface area contributed by atoms with E-state index < -0.39 is 0 Å². The highest BCUT2D eigenvalue weighted by Crippen LogP contribution is 2.24. The summed E-state index contributed by atoms with van der Waals surface area (Å²) in [6.45, 7) is 2.96. The lowest BCUT2D eigenvalue weighted by atomic mass is 10.2. The van der Waals surface area contributed by atoms with Crippen molar-refractivity contribution in [3.8, 4) is 0 Å². The van der Waals surface area contributed by atoms with Crippen molar-refractivity contribution in [2.24, 2.45) is 0 Å². The zero-order valence-electron chi connectivity index (χ0n) is 13.7. The van der Waals surface area contributed by atoms with E-state index in [-0.39, 0.29) is 5.91 Å². The van der Waals surface area contributed by atoms with E-state index in [0.717, 1.165) is 19.4 Å². The normalized spacial score (nSPS) is 10.3. The van der Waals surface area contributed by atoms with Gasteiger partial charge in [0.25, 0.3) is 5.91 Å². The van der Waals surface area contributed by atoms with Crippen molar-refractivity contribution in [2.75, 3.05) is 29.7 Å². The van der Waals surface area contributed by atoms with Crippen LogP contribution in [0.15, 0.2) is 30.6 Å². The second-order valence-electron chi connectivity index (χ2n) is 5.32. The third kappa shape index (κ3) is 4.48. The highest BCUT2D eigenvalue weighted by Gasteiger charge is 2.13. The van der Waals surface area contributed by atoms with Gasteiger partial charge in [-0.25, -0.2) is 9.97 Å². The van der Waals surface area contributed by atoms with Gasteiger partial charge in [0, 0.05) is 24.2 Å². The average molecular weight is 349 g/mol. The number of nitrogens with zero attached hydrogens (tertiary/aromatic N) is 3. The predicted molar refractivity (Wildman–Crippen MR) is 97.2 cm³/mol. The standard InChI is InChI=1S/C16H21ClN6O/c1-3-4-8-23(2)15-13(18)14(19-10-20-15)21-22-16(24)11-6-5-7-12(17)9-11/h5-7,9-10H,3-4,8,18H2,1-2H3,(H,22,24)(H,19,20,21). The minimum atomic E-state index is -0.337. The summed E-state index contributed by atoms with van der Waals surface area (Å²) in [6, 6.07) is 6.64. The number of nitrogen functional groups attached to an aromatic ring is 1. The van der Waals surface area contributed by atoms with Gasteiger partial charge < -0.3 is 10.6 Å². The molecule has 128 valence electrons. The van der Waals surface area contributed by atoms with Gasteiger partial charge in [0.2, 0.25) is 0 Å². The van der Waals surface area contributed by atoms with Crippen LogP contribution < -0.4 is 21.5 Å². The van der Waals surface area contributed by atoms with Crippen LogP contribution in [0.4, 0.5) is 17.3 Å². The molecule has 1 heterocycles. The van der Waals surface area contributed by atoms with Gasteiger partial charge in [-0.05, 0) is 24.6 Å². The van der Waals surface area contributed by atoms with Gasteiger partial charge in [-0.2, -0.15) is 0 Å². The quantitative estimate of drug-likeness (QED) is 0.666. The summed E-state index contributed by atoms with van der Waals surface area (Å²) >= 11 is 5.88. The van der Waals surface area contributed by atoms with Crippen LogP contribution in [0.3, 0.4) is 0 Å². The fourth-order valence-corrected chi connectivity index (χ4v) is 2.30. The SMILES string of the molecule is CCCCN(C)c1ncnc(NNC(=O)c2cccc(Cl)c2)c1N. The Morgan fingerprint density at radius 2 is 2.17 bits per heavy atom. The Bertz CT molecular complexity index is 709.